The Balaban J connectivity index is 1.69. The van der Waals surface area contributed by atoms with E-state index in [1.165, 1.54) is 6.20 Å². The van der Waals surface area contributed by atoms with Crippen molar-refractivity contribution in [1.82, 2.24) is 9.88 Å². The van der Waals surface area contributed by atoms with Gasteiger partial charge in [-0.3, -0.25) is 4.79 Å². The standard InChI is InChI=1S/C20H19ClFN3O4/c21-13-8-17(22)19(24-10-13)29-15-5-3-12(4-6-15)16-2-1-7-25(20(16)28)11-14(23)9-18(26)27/h1-8,10,14,20,28H,9,11,23H2,(H,26,27). The van der Waals surface area contributed by atoms with E-state index in [1.807, 2.05) is 0 Å². The third-order valence-electron chi connectivity index (χ3n) is 4.20. The summed E-state index contributed by atoms with van der Waals surface area (Å²) >= 11 is 5.67. The Bertz CT molecular complexity index is 949. The molecule has 152 valence electrons. The molecule has 2 heterocycles. The van der Waals surface area contributed by atoms with Crippen molar-refractivity contribution in [2.45, 2.75) is 18.7 Å². The zero-order valence-corrected chi connectivity index (χ0v) is 16.0. The van der Waals surface area contributed by atoms with Crippen LogP contribution in [0.25, 0.3) is 5.57 Å². The lowest BCUT2D eigenvalue weighted by atomic mass is 10.0. The molecule has 7 nitrogen and oxygen atoms in total. The molecule has 1 aliphatic rings. The minimum atomic E-state index is -0.994. The number of aliphatic carboxylic acids is 1. The van der Waals surface area contributed by atoms with Gasteiger partial charge < -0.3 is 25.6 Å². The molecule has 2 unspecified atom stereocenters. The van der Waals surface area contributed by atoms with Gasteiger partial charge in [0.15, 0.2) is 12.0 Å². The minimum absolute atomic E-state index is 0.170. The Labute approximate surface area is 171 Å². The molecule has 0 fully saturated rings. The maximum atomic E-state index is 13.8. The molecular formula is C20H19ClFN3O4. The van der Waals surface area contributed by atoms with Crippen LogP contribution in [0.5, 0.6) is 11.6 Å². The zero-order valence-electron chi connectivity index (χ0n) is 15.2. The number of pyridine rings is 1. The topological polar surface area (TPSA) is 109 Å². The molecule has 3 rings (SSSR count). The summed E-state index contributed by atoms with van der Waals surface area (Å²) in [5.41, 5.74) is 7.14. The van der Waals surface area contributed by atoms with Crippen molar-refractivity contribution < 1.29 is 24.1 Å². The van der Waals surface area contributed by atoms with E-state index in [0.717, 1.165) is 11.6 Å². The quantitative estimate of drug-likeness (QED) is 0.632. The van der Waals surface area contributed by atoms with Crippen molar-refractivity contribution in [3.8, 4) is 11.6 Å². The summed E-state index contributed by atoms with van der Waals surface area (Å²) in [5.74, 6) is -1.50. The lowest BCUT2D eigenvalue weighted by Crippen LogP contribution is -2.42. The van der Waals surface area contributed by atoms with Crippen molar-refractivity contribution in [3.63, 3.8) is 0 Å². The third-order valence-corrected chi connectivity index (χ3v) is 4.41. The number of aliphatic hydroxyl groups excluding tert-OH is 1. The molecule has 4 N–H and O–H groups in total. The van der Waals surface area contributed by atoms with E-state index >= 15 is 0 Å². The number of aliphatic hydroxyl groups is 1. The second kappa shape index (κ2) is 9.04. The van der Waals surface area contributed by atoms with Crippen LogP contribution in [0.2, 0.25) is 5.02 Å². The molecule has 0 saturated carbocycles. The van der Waals surface area contributed by atoms with Crippen LogP contribution in [0.3, 0.4) is 0 Å². The molecule has 0 spiro atoms. The van der Waals surface area contributed by atoms with Gasteiger partial charge in [-0.05, 0) is 29.8 Å². The van der Waals surface area contributed by atoms with Crippen LogP contribution >= 0.6 is 11.6 Å². The molecule has 1 aromatic heterocycles. The van der Waals surface area contributed by atoms with Crippen LogP contribution in [-0.2, 0) is 4.79 Å². The molecule has 0 bridgehead atoms. The molecule has 0 amide bonds. The van der Waals surface area contributed by atoms with E-state index in [9.17, 15) is 14.3 Å². The summed E-state index contributed by atoms with van der Waals surface area (Å²) in [4.78, 5) is 16.2. The number of ether oxygens (including phenoxy) is 1. The lowest BCUT2D eigenvalue weighted by molar-refractivity contribution is -0.137. The Kier molecular flexibility index (Phi) is 6.48. The number of nitrogens with two attached hydrogens (primary N) is 1. The summed E-state index contributed by atoms with van der Waals surface area (Å²) in [6, 6.07) is 7.16. The number of nitrogens with zero attached hydrogens (tertiary/aromatic N) is 2. The van der Waals surface area contributed by atoms with Crippen molar-refractivity contribution in [2.24, 2.45) is 5.73 Å². The van der Waals surface area contributed by atoms with Gasteiger partial charge in [0.05, 0.1) is 11.4 Å². The number of carboxylic acid groups (broad SMARTS) is 1. The number of hydrogen-bond donors (Lipinski definition) is 3. The van der Waals surface area contributed by atoms with Crippen molar-refractivity contribution in [1.29, 1.82) is 0 Å². The number of carboxylic acids is 1. The molecule has 0 aliphatic carbocycles. The predicted octanol–water partition coefficient (Wildman–Crippen LogP) is 3.00. The Morgan fingerprint density at radius 1 is 1.38 bits per heavy atom. The zero-order chi connectivity index (χ0) is 21.0. The smallest absolute Gasteiger partial charge is 0.304 e. The van der Waals surface area contributed by atoms with Gasteiger partial charge in [-0.2, -0.15) is 0 Å². The van der Waals surface area contributed by atoms with Gasteiger partial charge in [0.2, 0.25) is 0 Å². The summed E-state index contributed by atoms with van der Waals surface area (Å²) < 4.78 is 19.2. The van der Waals surface area contributed by atoms with Crippen LogP contribution in [-0.4, -0.2) is 44.9 Å². The number of rotatable bonds is 7. The predicted molar refractivity (Wildman–Crippen MR) is 106 cm³/mol. The largest absolute Gasteiger partial charge is 0.481 e. The Hall–Kier alpha value is -2.94. The number of hydrogen-bond acceptors (Lipinski definition) is 6. The number of benzene rings is 1. The Morgan fingerprint density at radius 3 is 2.76 bits per heavy atom. The summed E-state index contributed by atoms with van der Waals surface area (Å²) in [7, 11) is 0. The highest BCUT2D eigenvalue weighted by molar-refractivity contribution is 6.30. The average Bonchev–Trinajstić information content (AvgIpc) is 2.66. The van der Waals surface area contributed by atoms with Crippen LogP contribution in [0.4, 0.5) is 4.39 Å². The molecule has 2 atom stereocenters. The lowest BCUT2D eigenvalue weighted by Gasteiger charge is -2.32. The average molecular weight is 420 g/mol. The first-order valence-corrected chi connectivity index (χ1v) is 9.10. The van der Waals surface area contributed by atoms with Gasteiger partial charge in [-0.25, -0.2) is 9.37 Å². The van der Waals surface area contributed by atoms with Crippen LogP contribution in [0.1, 0.15) is 12.0 Å². The fraction of sp³-hybridized carbons (Fsp3) is 0.200. The molecule has 9 heteroatoms. The van der Waals surface area contributed by atoms with Crippen molar-refractivity contribution in [2.75, 3.05) is 6.54 Å². The molecule has 29 heavy (non-hydrogen) atoms. The molecule has 2 aromatic rings. The number of halogens is 2. The van der Waals surface area contributed by atoms with Crippen molar-refractivity contribution in [3.05, 3.63) is 71.3 Å². The molecule has 0 saturated heterocycles. The first-order valence-electron chi connectivity index (χ1n) is 8.72. The highest BCUT2D eigenvalue weighted by atomic mass is 35.5. The van der Waals surface area contributed by atoms with Gasteiger partial charge in [0, 0.05) is 30.6 Å². The minimum Gasteiger partial charge on any atom is -0.481 e. The summed E-state index contributed by atoms with van der Waals surface area (Å²) in [6.45, 7) is 0.185. The van der Waals surface area contributed by atoms with Crippen LogP contribution in [0, 0.1) is 5.82 Å². The van der Waals surface area contributed by atoms with E-state index < -0.39 is 24.1 Å². The number of aromatic nitrogens is 1. The first-order chi connectivity index (χ1) is 13.8. The second-order valence-corrected chi connectivity index (χ2v) is 6.90. The Morgan fingerprint density at radius 2 is 2.10 bits per heavy atom. The van der Waals surface area contributed by atoms with E-state index in [1.54, 1.807) is 47.5 Å². The maximum absolute atomic E-state index is 13.8. The van der Waals surface area contributed by atoms with Crippen LogP contribution < -0.4 is 10.5 Å². The fourth-order valence-electron chi connectivity index (χ4n) is 2.87. The van der Waals surface area contributed by atoms with Gasteiger partial charge in [-0.1, -0.05) is 29.8 Å². The second-order valence-electron chi connectivity index (χ2n) is 6.46. The first kappa shape index (κ1) is 20.8. The fourth-order valence-corrected chi connectivity index (χ4v) is 3.02. The van der Waals surface area contributed by atoms with E-state index in [0.29, 0.717) is 11.3 Å². The highest BCUT2D eigenvalue weighted by Gasteiger charge is 2.23. The number of carbonyl (C=O) groups is 1. The summed E-state index contributed by atoms with van der Waals surface area (Å²) in [5, 5.41) is 19.6. The van der Waals surface area contributed by atoms with Gasteiger partial charge in [0.1, 0.15) is 5.75 Å². The molecule has 1 aliphatic heterocycles. The molecular weight excluding hydrogens is 401 g/mol. The van der Waals surface area contributed by atoms with E-state index in [-0.39, 0.29) is 23.9 Å². The third kappa shape index (κ3) is 5.32. The number of allylic oxidation sites excluding steroid dienone is 2. The monoisotopic (exact) mass is 419 g/mol. The van der Waals surface area contributed by atoms with Gasteiger partial charge >= 0.3 is 5.97 Å². The van der Waals surface area contributed by atoms with Gasteiger partial charge in [0.25, 0.3) is 5.88 Å². The maximum Gasteiger partial charge on any atom is 0.304 e. The molecule has 0 radical (unpaired) electrons. The summed E-state index contributed by atoms with van der Waals surface area (Å²) in [6.07, 6.45) is 5.25. The molecule has 1 aromatic carbocycles. The van der Waals surface area contributed by atoms with Crippen LogP contribution in [0.15, 0.2) is 54.9 Å². The van der Waals surface area contributed by atoms with Crippen molar-refractivity contribution >= 4 is 23.1 Å². The highest BCUT2D eigenvalue weighted by Crippen LogP contribution is 2.29. The van der Waals surface area contributed by atoms with E-state index in [4.69, 9.17) is 27.2 Å². The normalized spacial score (nSPS) is 17.0. The van der Waals surface area contributed by atoms with Gasteiger partial charge in [-0.15, -0.1) is 0 Å². The SMILES string of the molecule is NC(CC(=O)O)CN1C=CC=C(c2ccc(Oc3ncc(Cl)cc3F)cc2)C1O. The van der Waals surface area contributed by atoms with E-state index in [2.05, 4.69) is 4.98 Å².